The van der Waals surface area contributed by atoms with E-state index in [4.69, 9.17) is 0 Å². The summed E-state index contributed by atoms with van der Waals surface area (Å²) in [6.07, 6.45) is 5.95. The third-order valence-corrected chi connectivity index (χ3v) is 4.42. The highest BCUT2D eigenvalue weighted by Crippen LogP contribution is 2.24. The summed E-state index contributed by atoms with van der Waals surface area (Å²) in [6.45, 7) is 2.35. The molecule has 0 amide bonds. The maximum absolute atomic E-state index is 4.29. The first-order valence-corrected chi connectivity index (χ1v) is 7.91. The maximum Gasteiger partial charge on any atom is 0.408 e. The van der Waals surface area contributed by atoms with Gasteiger partial charge >= 0.3 is 5.13 Å². The van der Waals surface area contributed by atoms with Gasteiger partial charge in [-0.05, 0) is 60.0 Å². The summed E-state index contributed by atoms with van der Waals surface area (Å²) in [5, 5.41) is 11.5. The van der Waals surface area contributed by atoms with Crippen LogP contribution in [0.3, 0.4) is 0 Å². The van der Waals surface area contributed by atoms with Crippen LogP contribution < -0.4 is 26.4 Å². The molecule has 0 atom stereocenters. The fraction of sp³-hybridized carbons (Fsp3) is 0.400. The highest BCUT2D eigenvalue weighted by atomic mass is 79.9. The first-order chi connectivity index (χ1) is 9.83. The van der Waals surface area contributed by atoms with Gasteiger partial charge in [0, 0.05) is 24.2 Å². The van der Waals surface area contributed by atoms with Crippen LogP contribution in [-0.4, -0.2) is 13.1 Å². The summed E-state index contributed by atoms with van der Waals surface area (Å²) in [5.41, 5.74) is 2.20. The highest BCUT2D eigenvalue weighted by Gasteiger charge is 2.11. The Morgan fingerprint density at radius 1 is 1.05 bits per heavy atom. The number of azo groups is 1. The van der Waals surface area contributed by atoms with Gasteiger partial charge in [0.15, 0.2) is 0 Å². The minimum absolute atomic E-state index is 0. The monoisotopic (exact) mass is 366 g/mol. The lowest BCUT2D eigenvalue weighted by molar-refractivity contribution is -0.654. The molecule has 1 aromatic carbocycles. The Hall–Kier alpha value is -1.27. The van der Waals surface area contributed by atoms with E-state index < -0.39 is 0 Å². The zero-order chi connectivity index (χ0) is 13.8. The lowest BCUT2D eigenvalue weighted by Crippen LogP contribution is -3.00. The predicted octanol–water partition coefficient (Wildman–Crippen LogP) is 0.982. The van der Waals surface area contributed by atoms with Gasteiger partial charge in [-0.1, -0.05) is 0 Å². The molecule has 112 valence electrons. The van der Waals surface area contributed by atoms with Crippen LogP contribution in [0.2, 0.25) is 0 Å². The average Bonchev–Trinajstić information content (AvgIpc) is 2.92. The summed E-state index contributed by atoms with van der Waals surface area (Å²) in [6, 6.07) is 8.38. The van der Waals surface area contributed by atoms with Crippen molar-refractivity contribution < 1.29 is 21.5 Å². The van der Waals surface area contributed by atoms with Gasteiger partial charge < -0.3 is 21.9 Å². The van der Waals surface area contributed by atoms with Crippen molar-refractivity contribution >= 4 is 27.8 Å². The number of hydrogen-bond acceptors (Lipinski definition) is 4. The van der Waals surface area contributed by atoms with Crippen molar-refractivity contribution in [3.63, 3.8) is 0 Å². The van der Waals surface area contributed by atoms with Crippen molar-refractivity contribution in [1.29, 1.82) is 0 Å². The highest BCUT2D eigenvalue weighted by molar-refractivity contribution is 7.12. The smallest absolute Gasteiger partial charge is 0.408 e. The number of thiazole rings is 1. The van der Waals surface area contributed by atoms with E-state index in [1.807, 2.05) is 35.3 Å². The molecule has 1 aliphatic heterocycles. The van der Waals surface area contributed by atoms with Crippen LogP contribution >= 0.6 is 11.3 Å². The molecular formula is C15H19BrN4S. The zero-order valence-corrected chi connectivity index (χ0v) is 14.5. The normalized spacial score (nSPS) is 15.2. The average molecular weight is 367 g/mol. The van der Waals surface area contributed by atoms with Crippen molar-refractivity contribution in [3.05, 3.63) is 35.8 Å². The Kier molecular flexibility index (Phi) is 5.87. The third kappa shape index (κ3) is 4.11. The van der Waals surface area contributed by atoms with E-state index in [2.05, 4.69) is 27.3 Å². The molecular weight excluding hydrogens is 348 g/mol. The van der Waals surface area contributed by atoms with Crippen LogP contribution in [0.1, 0.15) is 19.3 Å². The summed E-state index contributed by atoms with van der Waals surface area (Å²) in [5.74, 6) is 0. The molecule has 2 heterocycles. The number of anilines is 1. The van der Waals surface area contributed by atoms with Gasteiger partial charge in [-0.15, -0.1) is 0 Å². The van der Waals surface area contributed by atoms with Crippen molar-refractivity contribution in [3.8, 4) is 0 Å². The van der Waals surface area contributed by atoms with Gasteiger partial charge in [0.25, 0.3) is 0 Å². The molecule has 1 aliphatic rings. The van der Waals surface area contributed by atoms with E-state index >= 15 is 0 Å². The summed E-state index contributed by atoms with van der Waals surface area (Å²) in [7, 11) is 1.98. The van der Waals surface area contributed by atoms with Gasteiger partial charge in [-0.2, -0.15) is 0 Å². The van der Waals surface area contributed by atoms with Crippen LogP contribution in [0.5, 0.6) is 0 Å². The minimum Gasteiger partial charge on any atom is -1.00 e. The lowest BCUT2D eigenvalue weighted by atomic mass is 10.1. The predicted molar refractivity (Wildman–Crippen MR) is 82.2 cm³/mol. The van der Waals surface area contributed by atoms with Crippen molar-refractivity contribution in [2.24, 2.45) is 17.3 Å². The second-order valence-corrected chi connectivity index (χ2v) is 5.93. The molecule has 1 fully saturated rings. The molecule has 0 saturated carbocycles. The van der Waals surface area contributed by atoms with Gasteiger partial charge in [-0.25, -0.2) is 4.57 Å². The summed E-state index contributed by atoms with van der Waals surface area (Å²) >= 11 is 1.59. The van der Waals surface area contributed by atoms with E-state index in [9.17, 15) is 0 Å². The van der Waals surface area contributed by atoms with Crippen LogP contribution in [0.25, 0.3) is 0 Å². The van der Waals surface area contributed by atoms with Gasteiger partial charge in [0.05, 0.1) is 12.2 Å². The van der Waals surface area contributed by atoms with Crippen LogP contribution in [0.4, 0.5) is 16.5 Å². The van der Waals surface area contributed by atoms with Gasteiger partial charge in [-0.3, -0.25) is 0 Å². The lowest BCUT2D eigenvalue weighted by Gasteiger charge is -2.28. The molecule has 2 aromatic rings. The van der Waals surface area contributed by atoms with E-state index in [0.717, 1.165) is 10.8 Å². The van der Waals surface area contributed by atoms with Crippen molar-refractivity contribution in [2.45, 2.75) is 19.3 Å². The Labute approximate surface area is 139 Å². The maximum atomic E-state index is 4.29. The fourth-order valence-corrected chi connectivity index (χ4v) is 3.09. The van der Waals surface area contributed by atoms with Crippen molar-refractivity contribution in [1.82, 2.24) is 0 Å². The van der Waals surface area contributed by atoms with Crippen LogP contribution in [0.15, 0.2) is 46.1 Å². The second-order valence-electron chi connectivity index (χ2n) is 5.06. The Bertz CT molecular complexity index is 588. The Balaban J connectivity index is 0.00000161. The number of nitrogens with zero attached hydrogens (tertiary/aromatic N) is 4. The summed E-state index contributed by atoms with van der Waals surface area (Å²) < 4.78 is 1.97. The molecule has 1 aromatic heterocycles. The quantitative estimate of drug-likeness (QED) is 0.588. The SMILES string of the molecule is C[n+]1ccsc1N=Nc1ccc(N2CCCCC2)cc1.[Br-]. The van der Waals surface area contributed by atoms with E-state index in [1.165, 1.54) is 38.0 Å². The number of aryl methyl sites for hydroxylation is 1. The molecule has 0 radical (unpaired) electrons. The van der Waals surface area contributed by atoms with Crippen LogP contribution in [0, 0.1) is 0 Å². The molecule has 0 aliphatic carbocycles. The number of benzene rings is 1. The van der Waals surface area contributed by atoms with Gasteiger partial charge in [0.1, 0.15) is 11.9 Å². The molecule has 0 N–H and O–H groups in total. The van der Waals surface area contributed by atoms with Gasteiger partial charge in [0.2, 0.25) is 0 Å². The summed E-state index contributed by atoms with van der Waals surface area (Å²) in [4.78, 5) is 2.45. The zero-order valence-electron chi connectivity index (χ0n) is 12.1. The largest absolute Gasteiger partial charge is 1.00 e. The minimum atomic E-state index is 0. The molecule has 3 rings (SSSR count). The number of hydrogen-bond donors (Lipinski definition) is 0. The number of halogens is 1. The fourth-order valence-electron chi connectivity index (χ4n) is 2.41. The first kappa shape index (κ1) is 16.1. The number of aromatic nitrogens is 1. The van der Waals surface area contributed by atoms with Crippen LogP contribution in [-0.2, 0) is 7.05 Å². The van der Waals surface area contributed by atoms with Crippen molar-refractivity contribution in [2.75, 3.05) is 18.0 Å². The standard InChI is InChI=1S/C15H19N4S.BrH/c1-18-11-12-20-15(18)17-16-13-5-7-14(8-6-13)19-9-3-2-4-10-19;/h5-8,11-12H,2-4,9-10H2,1H3;1H/q+1;/p-1. The molecule has 0 spiro atoms. The molecule has 4 nitrogen and oxygen atoms in total. The molecule has 1 saturated heterocycles. The first-order valence-electron chi connectivity index (χ1n) is 7.03. The topological polar surface area (TPSA) is 31.8 Å². The second kappa shape index (κ2) is 7.66. The number of rotatable bonds is 3. The third-order valence-electron chi connectivity index (χ3n) is 3.58. The Morgan fingerprint density at radius 2 is 1.76 bits per heavy atom. The molecule has 21 heavy (non-hydrogen) atoms. The van der Waals surface area contributed by atoms with E-state index in [0.29, 0.717) is 0 Å². The van der Waals surface area contributed by atoms with E-state index in [1.54, 1.807) is 11.3 Å². The molecule has 6 heteroatoms. The van der Waals surface area contributed by atoms with E-state index in [-0.39, 0.29) is 17.0 Å². The molecule has 0 unspecified atom stereocenters. The molecule has 0 bridgehead atoms. The Morgan fingerprint density at radius 3 is 2.38 bits per heavy atom. The number of piperidine rings is 1.